The highest BCUT2D eigenvalue weighted by atomic mass is 19.4. The Balaban J connectivity index is 1.20. The molecule has 198 valence electrons. The first-order chi connectivity index (χ1) is 18.1. The summed E-state index contributed by atoms with van der Waals surface area (Å²) < 4.78 is 55.2. The van der Waals surface area contributed by atoms with Gasteiger partial charge in [-0.25, -0.2) is 14.4 Å². The van der Waals surface area contributed by atoms with E-state index in [1.54, 1.807) is 10.5 Å². The molecule has 6 nitrogen and oxygen atoms in total. The smallest absolute Gasteiger partial charge is 0.366 e. The number of imidazole rings is 1. The van der Waals surface area contributed by atoms with E-state index in [-0.39, 0.29) is 18.0 Å². The second kappa shape index (κ2) is 10.1. The zero-order chi connectivity index (χ0) is 27.0. The lowest BCUT2D eigenvalue weighted by Gasteiger charge is -2.37. The zero-order valence-corrected chi connectivity index (χ0v) is 21.1. The van der Waals surface area contributed by atoms with Gasteiger partial charge >= 0.3 is 6.18 Å². The third-order valence-corrected chi connectivity index (χ3v) is 6.89. The first kappa shape index (κ1) is 25.7. The lowest BCUT2D eigenvalue weighted by atomic mass is 10.0. The van der Waals surface area contributed by atoms with Crippen molar-refractivity contribution in [3.8, 4) is 0 Å². The summed E-state index contributed by atoms with van der Waals surface area (Å²) in [5.74, 6) is 0.0586. The summed E-state index contributed by atoms with van der Waals surface area (Å²) >= 11 is 0. The molecular formula is C28H27F4N5O. The molecule has 0 unspecified atom stereocenters. The summed E-state index contributed by atoms with van der Waals surface area (Å²) in [6, 6.07) is 11.3. The van der Waals surface area contributed by atoms with Gasteiger partial charge in [0.2, 0.25) is 0 Å². The molecule has 38 heavy (non-hydrogen) atoms. The lowest BCUT2D eigenvalue weighted by molar-refractivity contribution is -0.137. The van der Waals surface area contributed by atoms with E-state index in [1.807, 2.05) is 48.0 Å². The molecule has 0 radical (unpaired) electrons. The van der Waals surface area contributed by atoms with Gasteiger partial charge in [-0.2, -0.15) is 13.2 Å². The summed E-state index contributed by atoms with van der Waals surface area (Å²) in [6.07, 6.45) is -1.10. The standard InChI is InChI=1S/C28H27F4N5O/c1-18-9-10-37-26(15-18)34-19(2)27(37)24(38)7-4-20-3-6-23(22(29)16-20)35-11-13-36(14-12-35)25-8-5-21(17-33-25)28(30,31)32/h3,5-6,8-10,15-17H,4,7,11-14H2,1-2H3. The van der Waals surface area contributed by atoms with Crippen LogP contribution in [0.5, 0.6) is 0 Å². The number of halogens is 4. The Hall–Kier alpha value is -3.95. The minimum absolute atomic E-state index is 0.0451. The molecule has 3 aromatic heterocycles. The van der Waals surface area contributed by atoms with Crippen molar-refractivity contribution in [1.29, 1.82) is 0 Å². The number of hydrogen-bond donors (Lipinski definition) is 0. The minimum Gasteiger partial charge on any atom is -0.366 e. The summed E-state index contributed by atoms with van der Waals surface area (Å²) in [7, 11) is 0. The van der Waals surface area contributed by atoms with E-state index in [4.69, 9.17) is 0 Å². The van der Waals surface area contributed by atoms with Gasteiger partial charge in [0.05, 0.1) is 16.9 Å². The number of carbonyl (C=O) groups is 1. The van der Waals surface area contributed by atoms with Crippen LogP contribution in [0.25, 0.3) is 5.65 Å². The average Bonchev–Trinajstić information content (AvgIpc) is 3.22. The van der Waals surface area contributed by atoms with Gasteiger partial charge in [0, 0.05) is 45.0 Å². The van der Waals surface area contributed by atoms with Crippen molar-refractivity contribution >= 4 is 22.9 Å². The maximum atomic E-state index is 15.0. The molecule has 1 aromatic carbocycles. The summed E-state index contributed by atoms with van der Waals surface area (Å²) in [5, 5.41) is 0. The number of Topliss-reactive ketones (excluding diaryl/α,β-unsaturated/α-hetero) is 1. The second-order valence-corrected chi connectivity index (χ2v) is 9.56. The molecule has 0 bridgehead atoms. The monoisotopic (exact) mass is 525 g/mol. The SMILES string of the molecule is Cc1ccn2c(C(=O)CCc3ccc(N4CCN(c5ccc(C(F)(F)F)cn5)CC4)c(F)c3)c(C)nc2c1. The fourth-order valence-corrected chi connectivity index (χ4v) is 4.86. The van der Waals surface area contributed by atoms with Crippen molar-refractivity contribution in [2.75, 3.05) is 36.0 Å². The number of nitrogens with zero attached hydrogens (tertiary/aromatic N) is 5. The average molecular weight is 526 g/mol. The number of piperazine rings is 1. The molecule has 4 aromatic rings. The highest BCUT2D eigenvalue weighted by Gasteiger charge is 2.31. The molecule has 5 rings (SSSR count). The van der Waals surface area contributed by atoms with Gasteiger partial charge in [-0.05, 0) is 67.8 Å². The van der Waals surface area contributed by atoms with Gasteiger partial charge in [-0.15, -0.1) is 0 Å². The van der Waals surface area contributed by atoms with Crippen LogP contribution in [-0.2, 0) is 12.6 Å². The van der Waals surface area contributed by atoms with Gasteiger partial charge in [0.25, 0.3) is 0 Å². The Bertz CT molecular complexity index is 1470. The lowest BCUT2D eigenvalue weighted by Crippen LogP contribution is -2.47. The zero-order valence-electron chi connectivity index (χ0n) is 21.1. The Morgan fingerprint density at radius 1 is 0.974 bits per heavy atom. The molecule has 0 aliphatic carbocycles. The van der Waals surface area contributed by atoms with Crippen molar-refractivity contribution in [3.63, 3.8) is 0 Å². The Kier molecular flexibility index (Phi) is 6.81. The maximum Gasteiger partial charge on any atom is 0.417 e. The van der Waals surface area contributed by atoms with Crippen LogP contribution in [0.15, 0.2) is 54.9 Å². The van der Waals surface area contributed by atoms with Crippen molar-refractivity contribution in [3.05, 3.63) is 88.8 Å². The van der Waals surface area contributed by atoms with Gasteiger partial charge in [-0.1, -0.05) is 6.07 Å². The molecule has 10 heteroatoms. The number of anilines is 2. The summed E-state index contributed by atoms with van der Waals surface area (Å²) in [5.41, 5.74) is 3.44. The van der Waals surface area contributed by atoms with E-state index in [0.717, 1.165) is 29.0 Å². The number of rotatable bonds is 6. The molecule has 1 aliphatic heterocycles. The maximum absolute atomic E-state index is 15.0. The largest absolute Gasteiger partial charge is 0.417 e. The van der Waals surface area contributed by atoms with Crippen molar-refractivity contribution < 1.29 is 22.4 Å². The highest BCUT2D eigenvalue weighted by Crippen LogP contribution is 2.30. The predicted molar refractivity (Wildman–Crippen MR) is 137 cm³/mol. The molecule has 4 heterocycles. The van der Waals surface area contributed by atoms with Crippen LogP contribution in [0.4, 0.5) is 29.1 Å². The van der Waals surface area contributed by atoms with Crippen LogP contribution >= 0.6 is 0 Å². The number of hydrogen-bond acceptors (Lipinski definition) is 5. The molecule has 0 amide bonds. The molecule has 1 fully saturated rings. The number of benzene rings is 1. The van der Waals surface area contributed by atoms with Crippen LogP contribution in [-0.4, -0.2) is 46.3 Å². The van der Waals surface area contributed by atoms with Gasteiger partial charge in [-0.3, -0.25) is 9.20 Å². The molecule has 1 aliphatic rings. The molecular weight excluding hydrogens is 498 g/mol. The van der Waals surface area contributed by atoms with Gasteiger partial charge in [0.15, 0.2) is 5.78 Å². The van der Waals surface area contributed by atoms with Crippen LogP contribution in [0.2, 0.25) is 0 Å². The quantitative estimate of drug-likeness (QED) is 0.241. The van der Waals surface area contributed by atoms with Crippen molar-refractivity contribution in [2.45, 2.75) is 32.9 Å². The Labute approximate surface area is 217 Å². The molecule has 1 saturated heterocycles. The highest BCUT2D eigenvalue weighted by molar-refractivity contribution is 5.96. The van der Waals surface area contributed by atoms with E-state index in [2.05, 4.69) is 9.97 Å². The van der Waals surface area contributed by atoms with Gasteiger partial charge < -0.3 is 9.80 Å². The number of aromatic nitrogens is 3. The van der Waals surface area contributed by atoms with Crippen LogP contribution in [0.1, 0.15) is 39.3 Å². The van der Waals surface area contributed by atoms with Crippen molar-refractivity contribution in [2.24, 2.45) is 0 Å². The third kappa shape index (κ3) is 5.20. The number of fused-ring (bicyclic) bond motifs is 1. The normalized spacial score (nSPS) is 14.4. The van der Waals surface area contributed by atoms with E-state index in [0.29, 0.717) is 55.5 Å². The fourth-order valence-electron chi connectivity index (χ4n) is 4.86. The van der Waals surface area contributed by atoms with Crippen LogP contribution < -0.4 is 9.80 Å². The van der Waals surface area contributed by atoms with Gasteiger partial charge in [0.1, 0.15) is 23.0 Å². The third-order valence-electron chi connectivity index (χ3n) is 6.89. The summed E-state index contributed by atoms with van der Waals surface area (Å²) in [6.45, 7) is 5.81. The predicted octanol–water partition coefficient (Wildman–Crippen LogP) is 5.65. The first-order valence-electron chi connectivity index (χ1n) is 12.4. The fraction of sp³-hybridized carbons (Fsp3) is 0.321. The number of aryl methyl sites for hydroxylation is 3. The molecule has 0 spiro atoms. The van der Waals surface area contributed by atoms with E-state index >= 15 is 4.39 Å². The number of carbonyl (C=O) groups excluding carboxylic acids is 1. The van der Waals surface area contributed by atoms with Crippen LogP contribution in [0, 0.1) is 19.7 Å². The Morgan fingerprint density at radius 3 is 2.37 bits per heavy atom. The topological polar surface area (TPSA) is 53.7 Å². The first-order valence-corrected chi connectivity index (χ1v) is 12.4. The minimum atomic E-state index is -4.42. The number of alkyl halides is 3. The van der Waals surface area contributed by atoms with E-state index < -0.39 is 11.7 Å². The van der Waals surface area contributed by atoms with Crippen LogP contribution in [0.3, 0.4) is 0 Å². The Morgan fingerprint density at radius 2 is 1.71 bits per heavy atom. The van der Waals surface area contributed by atoms with Crippen molar-refractivity contribution in [1.82, 2.24) is 14.4 Å². The number of ketones is 1. The number of pyridine rings is 2. The molecule has 0 atom stereocenters. The van der Waals surface area contributed by atoms with E-state index in [9.17, 15) is 18.0 Å². The molecule has 0 saturated carbocycles. The summed E-state index contributed by atoms with van der Waals surface area (Å²) in [4.78, 5) is 25.2. The second-order valence-electron chi connectivity index (χ2n) is 9.56. The molecule has 0 N–H and O–H groups in total. The van der Waals surface area contributed by atoms with E-state index in [1.165, 1.54) is 12.1 Å².